The van der Waals surface area contributed by atoms with Crippen molar-refractivity contribution in [3.8, 4) is 0 Å². The minimum absolute atomic E-state index is 0.163. The van der Waals surface area contributed by atoms with Gasteiger partial charge in [0.2, 0.25) is 0 Å². The summed E-state index contributed by atoms with van der Waals surface area (Å²) >= 11 is 0. The Morgan fingerprint density at radius 1 is 0.523 bits per heavy atom. The van der Waals surface area contributed by atoms with Crippen LogP contribution in [0, 0.1) is 0 Å². The zero-order valence-electron chi connectivity index (χ0n) is 40.8. The molecule has 1 aliphatic heterocycles. The van der Waals surface area contributed by atoms with Crippen molar-refractivity contribution in [3.05, 3.63) is 36.5 Å². The molecule has 1 heterocycles. The smallest absolute Gasteiger partial charge is 0.306 e. The van der Waals surface area contributed by atoms with Crippen LogP contribution in [0.25, 0.3) is 0 Å². The first-order valence-corrected chi connectivity index (χ1v) is 27.7. The Balaban J connectivity index is 2.38. The van der Waals surface area contributed by atoms with Crippen molar-refractivity contribution in [2.24, 2.45) is 0 Å². The first-order valence-electron chi connectivity index (χ1n) is 26.0. The van der Waals surface area contributed by atoms with E-state index >= 15 is 0 Å². The number of carbonyl (C=O) groups is 2. The summed E-state index contributed by atoms with van der Waals surface area (Å²) in [4.78, 5) is 25.5. The second kappa shape index (κ2) is 42.0. The standard InChI is InChI=1S/C52H94O12S/c1-3-5-7-9-11-13-15-17-19-21-22-23-25-27-29-31-33-35-37-39-41-48(54)63-45(43-62-52-51(57)50(56)49(55)46(64-52)44-65(58,59)60)42-61-47(53)40-38-36-34-32-30-28-26-24-20-18-16-14-12-10-8-6-4-2/h12,14,18,20,26,28,45-46,49-52,55-57H,3-11,13,15-17,19,21-25,27,29-44H2,1-2H3,(H,58,59,60)/b14-12+,20-18+,28-26+/t45-,46-,49-,50?,51?,52+/m1/s1. The molecule has 65 heavy (non-hydrogen) atoms. The summed E-state index contributed by atoms with van der Waals surface area (Å²) in [6, 6.07) is 0. The molecular weight excluding hydrogens is 849 g/mol. The van der Waals surface area contributed by atoms with Gasteiger partial charge >= 0.3 is 11.9 Å². The van der Waals surface area contributed by atoms with E-state index < -0.39 is 71.2 Å². The molecule has 1 aliphatic rings. The molecule has 0 radical (unpaired) electrons. The van der Waals surface area contributed by atoms with Gasteiger partial charge in [-0.05, 0) is 51.4 Å². The van der Waals surface area contributed by atoms with Crippen LogP contribution in [0.1, 0.15) is 226 Å². The van der Waals surface area contributed by atoms with Crippen LogP contribution in [0.5, 0.6) is 0 Å². The first-order chi connectivity index (χ1) is 31.5. The van der Waals surface area contributed by atoms with Gasteiger partial charge in [-0.2, -0.15) is 8.42 Å². The van der Waals surface area contributed by atoms with Crippen LogP contribution < -0.4 is 0 Å². The molecule has 0 bridgehead atoms. The van der Waals surface area contributed by atoms with E-state index in [2.05, 4.69) is 50.3 Å². The van der Waals surface area contributed by atoms with Crippen LogP contribution in [-0.2, 0) is 38.7 Å². The third-order valence-electron chi connectivity index (χ3n) is 12.0. The van der Waals surface area contributed by atoms with Crippen LogP contribution in [0.3, 0.4) is 0 Å². The van der Waals surface area contributed by atoms with Crippen LogP contribution in [0.2, 0.25) is 0 Å². The Morgan fingerprint density at radius 2 is 0.923 bits per heavy atom. The van der Waals surface area contributed by atoms with E-state index in [1.54, 1.807) is 0 Å². The van der Waals surface area contributed by atoms with Crippen molar-refractivity contribution >= 4 is 22.1 Å². The Kier molecular flexibility index (Phi) is 39.4. The molecule has 0 saturated carbocycles. The molecule has 2 unspecified atom stereocenters. The SMILES string of the molecule is CCCCC/C=C/C/C=C/C/C=C/CCCCCCC(=O)OC[C@H](CO[C@H]1O[C@H](CS(=O)(=O)O)[C@@H](O)C(O)C1O)OC(=O)CCCCCCCCCCCCCCCCCCCCCC. The van der Waals surface area contributed by atoms with Crippen LogP contribution in [0.15, 0.2) is 36.5 Å². The van der Waals surface area contributed by atoms with Crippen LogP contribution in [0.4, 0.5) is 0 Å². The lowest BCUT2D eigenvalue weighted by Gasteiger charge is -2.40. The minimum atomic E-state index is -4.61. The van der Waals surface area contributed by atoms with Gasteiger partial charge in [-0.1, -0.05) is 198 Å². The summed E-state index contributed by atoms with van der Waals surface area (Å²) in [5.41, 5.74) is 0. The van der Waals surface area contributed by atoms with Gasteiger partial charge in [0.05, 0.1) is 6.61 Å². The summed E-state index contributed by atoms with van der Waals surface area (Å²) in [5.74, 6) is -2.00. The third kappa shape index (κ3) is 36.6. The lowest BCUT2D eigenvalue weighted by Crippen LogP contribution is -2.60. The Hall–Kier alpha value is -2.13. The number of esters is 2. The van der Waals surface area contributed by atoms with E-state index in [-0.39, 0.29) is 19.4 Å². The summed E-state index contributed by atoms with van der Waals surface area (Å²) in [6.45, 7) is 3.75. The van der Waals surface area contributed by atoms with Gasteiger partial charge in [-0.25, -0.2) is 0 Å². The Morgan fingerprint density at radius 3 is 1.40 bits per heavy atom. The number of aliphatic hydroxyl groups is 3. The maximum absolute atomic E-state index is 12.9. The van der Waals surface area contributed by atoms with Gasteiger partial charge in [0.25, 0.3) is 10.1 Å². The molecule has 380 valence electrons. The van der Waals surface area contributed by atoms with E-state index in [4.69, 9.17) is 18.9 Å². The van der Waals surface area contributed by atoms with E-state index in [0.717, 1.165) is 64.2 Å². The molecule has 13 heteroatoms. The van der Waals surface area contributed by atoms with Gasteiger partial charge in [0, 0.05) is 12.8 Å². The number of aliphatic hydroxyl groups excluding tert-OH is 3. The van der Waals surface area contributed by atoms with Crippen LogP contribution >= 0.6 is 0 Å². The average molecular weight is 943 g/mol. The molecular formula is C52H94O12S. The highest BCUT2D eigenvalue weighted by Crippen LogP contribution is 2.24. The number of carbonyl (C=O) groups excluding carboxylic acids is 2. The quantitative estimate of drug-likeness (QED) is 0.0196. The minimum Gasteiger partial charge on any atom is -0.462 e. The highest BCUT2D eigenvalue weighted by molar-refractivity contribution is 7.85. The zero-order chi connectivity index (χ0) is 47.6. The molecule has 0 aromatic heterocycles. The molecule has 12 nitrogen and oxygen atoms in total. The third-order valence-corrected chi connectivity index (χ3v) is 12.7. The van der Waals surface area contributed by atoms with Crippen molar-refractivity contribution in [3.63, 3.8) is 0 Å². The van der Waals surface area contributed by atoms with Gasteiger partial charge in [-0.3, -0.25) is 14.1 Å². The van der Waals surface area contributed by atoms with E-state index in [9.17, 15) is 37.9 Å². The topological polar surface area (TPSA) is 186 Å². The maximum atomic E-state index is 12.9. The second-order valence-electron chi connectivity index (χ2n) is 18.2. The number of unbranched alkanes of at least 4 members (excludes halogenated alkanes) is 26. The summed E-state index contributed by atoms with van der Waals surface area (Å²) in [7, 11) is -4.61. The average Bonchev–Trinajstić information content (AvgIpc) is 3.27. The lowest BCUT2D eigenvalue weighted by atomic mass is 10.00. The summed E-state index contributed by atoms with van der Waals surface area (Å²) < 4.78 is 54.2. The van der Waals surface area contributed by atoms with Crippen molar-refractivity contribution in [1.29, 1.82) is 0 Å². The van der Waals surface area contributed by atoms with E-state index in [1.807, 2.05) is 0 Å². The number of rotatable bonds is 44. The molecule has 1 fully saturated rings. The van der Waals surface area contributed by atoms with E-state index in [0.29, 0.717) is 12.8 Å². The van der Waals surface area contributed by atoms with Crippen LogP contribution in [-0.4, -0.2) is 96.0 Å². The number of hydrogen-bond acceptors (Lipinski definition) is 11. The van der Waals surface area contributed by atoms with Crippen molar-refractivity contribution in [1.82, 2.24) is 0 Å². The fourth-order valence-electron chi connectivity index (χ4n) is 7.92. The lowest BCUT2D eigenvalue weighted by molar-refractivity contribution is -0.297. The first kappa shape index (κ1) is 60.9. The molecule has 6 atom stereocenters. The molecule has 0 aromatic rings. The molecule has 1 rings (SSSR count). The molecule has 4 N–H and O–H groups in total. The number of allylic oxidation sites excluding steroid dienone is 6. The molecule has 0 aromatic carbocycles. The molecule has 0 spiro atoms. The second-order valence-corrected chi connectivity index (χ2v) is 19.7. The van der Waals surface area contributed by atoms with Gasteiger partial charge in [0.15, 0.2) is 12.4 Å². The predicted molar refractivity (Wildman–Crippen MR) is 261 cm³/mol. The fourth-order valence-corrected chi connectivity index (χ4v) is 8.61. The number of hydrogen-bond donors (Lipinski definition) is 4. The summed E-state index contributed by atoms with van der Waals surface area (Å²) in [6.07, 6.45) is 40.4. The van der Waals surface area contributed by atoms with Gasteiger partial charge in [-0.15, -0.1) is 0 Å². The predicted octanol–water partition coefficient (Wildman–Crippen LogP) is 11.7. The van der Waals surface area contributed by atoms with Crippen molar-refractivity contribution in [2.75, 3.05) is 19.0 Å². The zero-order valence-corrected chi connectivity index (χ0v) is 41.7. The largest absolute Gasteiger partial charge is 0.462 e. The monoisotopic (exact) mass is 943 g/mol. The van der Waals surface area contributed by atoms with Gasteiger partial charge < -0.3 is 34.3 Å². The Labute approximate surface area is 395 Å². The highest BCUT2D eigenvalue weighted by atomic mass is 32.2. The highest BCUT2D eigenvalue weighted by Gasteiger charge is 2.46. The normalized spacial score (nSPS) is 19.8. The van der Waals surface area contributed by atoms with Crippen molar-refractivity contribution in [2.45, 2.75) is 263 Å². The van der Waals surface area contributed by atoms with E-state index in [1.165, 1.54) is 122 Å². The maximum Gasteiger partial charge on any atom is 0.306 e. The molecule has 0 aliphatic carbocycles. The number of ether oxygens (including phenoxy) is 4. The Bertz CT molecular complexity index is 1330. The fraction of sp³-hybridized carbons (Fsp3) is 0.846. The summed E-state index contributed by atoms with van der Waals surface area (Å²) in [5, 5.41) is 31.0. The molecule has 0 amide bonds. The van der Waals surface area contributed by atoms with Crippen molar-refractivity contribution < 1.29 is 56.8 Å². The van der Waals surface area contributed by atoms with Gasteiger partial charge in [0.1, 0.15) is 36.8 Å². The molecule has 1 saturated heterocycles.